The highest BCUT2D eigenvalue weighted by molar-refractivity contribution is 7.13. The standard InChI is InChI=1S/C15H18N4O2S/c1-2-21-15-18-17-13(22-15)9-19-8-11(14(16)20)7-10-5-3-4-6-12(10)19/h3-6,11H,2,7-9H2,1H3,(H2,16,20). The summed E-state index contributed by atoms with van der Waals surface area (Å²) >= 11 is 1.43. The highest BCUT2D eigenvalue weighted by Crippen LogP contribution is 2.31. The summed E-state index contributed by atoms with van der Waals surface area (Å²) in [5, 5.41) is 9.61. The van der Waals surface area contributed by atoms with Crippen molar-refractivity contribution in [1.29, 1.82) is 0 Å². The molecule has 2 N–H and O–H groups in total. The molecule has 0 fully saturated rings. The third-order valence-electron chi connectivity index (χ3n) is 3.68. The van der Waals surface area contributed by atoms with Crippen LogP contribution in [0.25, 0.3) is 0 Å². The number of hydrogen-bond donors (Lipinski definition) is 1. The molecule has 7 heteroatoms. The number of nitrogens with zero attached hydrogens (tertiary/aromatic N) is 3. The summed E-state index contributed by atoms with van der Waals surface area (Å²) in [6, 6.07) is 8.10. The number of hydrogen-bond acceptors (Lipinski definition) is 6. The largest absolute Gasteiger partial charge is 0.469 e. The molecule has 116 valence electrons. The fourth-order valence-corrected chi connectivity index (χ4v) is 3.44. The quantitative estimate of drug-likeness (QED) is 0.905. The monoisotopic (exact) mass is 318 g/mol. The summed E-state index contributed by atoms with van der Waals surface area (Å²) in [4.78, 5) is 13.7. The Balaban J connectivity index is 1.83. The number of aromatic nitrogens is 2. The Morgan fingerprint density at radius 1 is 1.45 bits per heavy atom. The predicted molar refractivity (Wildman–Crippen MR) is 85.0 cm³/mol. The molecule has 1 atom stereocenters. The van der Waals surface area contributed by atoms with Gasteiger partial charge in [0.05, 0.1) is 19.1 Å². The average Bonchev–Trinajstić information content (AvgIpc) is 2.94. The molecular weight excluding hydrogens is 300 g/mol. The lowest BCUT2D eigenvalue weighted by Gasteiger charge is -2.34. The van der Waals surface area contributed by atoms with Crippen molar-refractivity contribution in [2.24, 2.45) is 11.7 Å². The van der Waals surface area contributed by atoms with Crippen LogP contribution in [-0.4, -0.2) is 29.3 Å². The van der Waals surface area contributed by atoms with Gasteiger partial charge in [-0.15, -0.1) is 5.10 Å². The molecule has 0 spiro atoms. The van der Waals surface area contributed by atoms with Crippen LogP contribution >= 0.6 is 11.3 Å². The first-order chi connectivity index (χ1) is 10.7. The van der Waals surface area contributed by atoms with E-state index in [4.69, 9.17) is 10.5 Å². The van der Waals surface area contributed by atoms with Crippen LogP contribution in [0.5, 0.6) is 5.19 Å². The minimum absolute atomic E-state index is 0.172. The number of rotatable bonds is 5. The average molecular weight is 318 g/mol. The molecule has 0 aliphatic carbocycles. The van der Waals surface area contributed by atoms with Crippen molar-refractivity contribution in [1.82, 2.24) is 10.2 Å². The Morgan fingerprint density at radius 3 is 3.05 bits per heavy atom. The number of nitrogens with two attached hydrogens (primary N) is 1. The van der Waals surface area contributed by atoms with Crippen LogP contribution < -0.4 is 15.4 Å². The van der Waals surface area contributed by atoms with E-state index in [2.05, 4.69) is 21.2 Å². The summed E-state index contributed by atoms with van der Waals surface area (Å²) in [5.74, 6) is -0.430. The highest BCUT2D eigenvalue weighted by atomic mass is 32.1. The topological polar surface area (TPSA) is 81.3 Å². The number of primary amides is 1. The Morgan fingerprint density at radius 2 is 2.27 bits per heavy atom. The summed E-state index contributed by atoms with van der Waals surface area (Å²) in [7, 11) is 0. The van der Waals surface area contributed by atoms with Gasteiger partial charge in [0, 0.05) is 12.2 Å². The first kappa shape index (κ1) is 14.8. The van der Waals surface area contributed by atoms with Crippen LogP contribution in [0.4, 0.5) is 5.69 Å². The summed E-state index contributed by atoms with van der Waals surface area (Å²) in [6.07, 6.45) is 0.697. The van der Waals surface area contributed by atoms with Crippen LogP contribution in [0.3, 0.4) is 0 Å². The lowest BCUT2D eigenvalue weighted by atomic mass is 9.92. The molecular formula is C15H18N4O2S. The fraction of sp³-hybridized carbons (Fsp3) is 0.400. The molecule has 0 saturated heterocycles. The molecule has 3 rings (SSSR count). The number of anilines is 1. The minimum Gasteiger partial charge on any atom is -0.469 e. The maximum Gasteiger partial charge on any atom is 0.294 e. The van der Waals surface area contributed by atoms with Gasteiger partial charge in [-0.05, 0) is 25.0 Å². The highest BCUT2D eigenvalue weighted by Gasteiger charge is 2.28. The maximum absolute atomic E-state index is 11.6. The number of carbonyl (C=O) groups excluding carboxylic acids is 1. The molecule has 1 aliphatic rings. The lowest BCUT2D eigenvalue weighted by Crippen LogP contribution is -2.41. The SMILES string of the molecule is CCOc1nnc(CN2CC(C(N)=O)Cc3ccccc32)s1. The molecule has 22 heavy (non-hydrogen) atoms. The predicted octanol–water partition coefficient (Wildman–Crippen LogP) is 1.60. The van der Waals surface area contributed by atoms with Crippen molar-refractivity contribution in [2.75, 3.05) is 18.1 Å². The molecule has 6 nitrogen and oxygen atoms in total. The van der Waals surface area contributed by atoms with Gasteiger partial charge < -0.3 is 15.4 Å². The van der Waals surface area contributed by atoms with E-state index < -0.39 is 0 Å². The molecule has 2 heterocycles. The molecule has 2 aromatic rings. The van der Waals surface area contributed by atoms with E-state index in [9.17, 15) is 4.79 Å². The molecule has 1 amide bonds. The number of fused-ring (bicyclic) bond motifs is 1. The second-order valence-electron chi connectivity index (χ2n) is 5.21. The maximum atomic E-state index is 11.6. The van der Waals surface area contributed by atoms with Crippen molar-refractivity contribution in [3.63, 3.8) is 0 Å². The van der Waals surface area contributed by atoms with Gasteiger partial charge in [0.25, 0.3) is 5.19 Å². The summed E-state index contributed by atoms with van der Waals surface area (Å²) in [5.41, 5.74) is 7.79. The first-order valence-electron chi connectivity index (χ1n) is 7.24. The van der Waals surface area contributed by atoms with Crippen LogP contribution in [0.1, 0.15) is 17.5 Å². The molecule has 1 aliphatic heterocycles. The second-order valence-corrected chi connectivity index (χ2v) is 6.23. The molecule has 0 bridgehead atoms. The zero-order valence-electron chi connectivity index (χ0n) is 12.4. The molecule has 0 saturated carbocycles. The zero-order valence-corrected chi connectivity index (χ0v) is 13.2. The summed E-state index contributed by atoms with van der Waals surface area (Å²) < 4.78 is 5.36. The Labute approximate surface area is 132 Å². The van der Waals surface area contributed by atoms with Gasteiger partial charge in [0.2, 0.25) is 5.91 Å². The van der Waals surface area contributed by atoms with Crippen molar-refractivity contribution in [3.8, 4) is 5.19 Å². The first-order valence-corrected chi connectivity index (χ1v) is 8.06. The third kappa shape index (κ3) is 3.04. The smallest absolute Gasteiger partial charge is 0.294 e. The molecule has 1 aromatic heterocycles. The number of ether oxygens (including phenoxy) is 1. The van der Waals surface area contributed by atoms with Gasteiger partial charge in [-0.3, -0.25) is 4.79 Å². The number of amides is 1. The fourth-order valence-electron chi connectivity index (χ4n) is 2.67. The summed E-state index contributed by atoms with van der Waals surface area (Å²) in [6.45, 7) is 3.70. The van der Waals surface area contributed by atoms with E-state index >= 15 is 0 Å². The van der Waals surface area contributed by atoms with Crippen molar-refractivity contribution >= 4 is 22.9 Å². The third-order valence-corrected chi connectivity index (χ3v) is 4.50. The van der Waals surface area contributed by atoms with E-state index in [1.165, 1.54) is 11.3 Å². The lowest BCUT2D eigenvalue weighted by molar-refractivity contribution is -0.121. The van der Waals surface area contributed by atoms with E-state index in [0.29, 0.717) is 31.3 Å². The molecule has 1 unspecified atom stereocenters. The van der Waals surface area contributed by atoms with E-state index in [-0.39, 0.29) is 11.8 Å². The Hall–Kier alpha value is -2.15. The van der Waals surface area contributed by atoms with Gasteiger partial charge in [0.1, 0.15) is 5.01 Å². The zero-order chi connectivity index (χ0) is 15.5. The normalized spacial score (nSPS) is 17.1. The van der Waals surface area contributed by atoms with E-state index in [1.54, 1.807) is 0 Å². The van der Waals surface area contributed by atoms with Gasteiger partial charge in [-0.25, -0.2) is 0 Å². The van der Waals surface area contributed by atoms with Gasteiger partial charge in [-0.2, -0.15) is 0 Å². The van der Waals surface area contributed by atoms with Crippen LogP contribution in [0.15, 0.2) is 24.3 Å². The second kappa shape index (κ2) is 6.31. The van der Waals surface area contributed by atoms with Gasteiger partial charge >= 0.3 is 0 Å². The van der Waals surface area contributed by atoms with Crippen LogP contribution in [-0.2, 0) is 17.8 Å². The number of carbonyl (C=O) groups is 1. The molecule has 0 radical (unpaired) electrons. The van der Waals surface area contributed by atoms with E-state index in [1.807, 2.05) is 25.1 Å². The van der Waals surface area contributed by atoms with Crippen molar-refractivity contribution < 1.29 is 9.53 Å². The number of benzene rings is 1. The van der Waals surface area contributed by atoms with Crippen molar-refractivity contribution in [2.45, 2.75) is 19.9 Å². The number of para-hydroxylation sites is 1. The van der Waals surface area contributed by atoms with Crippen LogP contribution in [0, 0.1) is 5.92 Å². The Bertz CT molecular complexity index is 673. The van der Waals surface area contributed by atoms with E-state index in [0.717, 1.165) is 16.3 Å². The van der Waals surface area contributed by atoms with Gasteiger partial charge in [0.15, 0.2) is 0 Å². The van der Waals surface area contributed by atoms with Gasteiger partial charge in [-0.1, -0.05) is 34.6 Å². The Kier molecular flexibility index (Phi) is 4.24. The van der Waals surface area contributed by atoms with Crippen LogP contribution in [0.2, 0.25) is 0 Å². The molecule has 1 aromatic carbocycles. The minimum atomic E-state index is -0.258. The van der Waals surface area contributed by atoms with Crippen molar-refractivity contribution in [3.05, 3.63) is 34.8 Å².